The molecule has 0 radical (unpaired) electrons. The average molecular weight is 390 g/mol. The van der Waals surface area contributed by atoms with Gasteiger partial charge in [0.05, 0.1) is 12.2 Å². The van der Waals surface area contributed by atoms with E-state index in [9.17, 15) is 4.79 Å². The minimum atomic E-state index is -0.130. The van der Waals surface area contributed by atoms with Gasteiger partial charge in [0.1, 0.15) is 5.69 Å². The molecule has 2 aliphatic rings. The highest BCUT2D eigenvalue weighted by Crippen LogP contribution is 2.32. The normalized spacial score (nSPS) is 14.5. The maximum absolute atomic E-state index is 12.5. The SMILES string of the molecule is O=C(NCCn1nc(-c2ccccn2)c2c1CCCC2)c1ccc2c(c1)OCO2. The zero-order valence-electron chi connectivity index (χ0n) is 16.1. The summed E-state index contributed by atoms with van der Waals surface area (Å²) in [4.78, 5) is 17.0. The van der Waals surface area contributed by atoms with Crippen molar-refractivity contribution in [2.75, 3.05) is 13.3 Å². The second-order valence-corrected chi connectivity index (χ2v) is 7.24. The summed E-state index contributed by atoms with van der Waals surface area (Å²) in [7, 11) is 0. The molecule has 2 aromatic heterocycles. The number of amides is 1. The van der Waals surface area contributed by atoms with Crippen molar-refractivity contribution in [2.24, 2.45) is 0 Å². The van der Waals surface area contributed by atoms with Crippen molar-refractivity contribution in [1.82, 2.24) is 20.1 Å². The molecule has 7 nitrogen and oxygen atoms in total. The molecule has 0 bridgehead atoms. The maximum atomic E-state index is 12.5. The molecule has 0 fully saturated rings. The summed E-state index contributed by atoms with van der Waals surface area (Å²) < 4.78 is 12.7. The Morgan fingerprint density at radius 3 is 2.90 bits per heavy atom. The molecular formula is C22H22N4O3. The van der Waals surface area contributed by atoms with Gasteiger partial charge in [0.2, 0.25) is 6.79 Å². The lowest BCUT2D eigenvalue weighted by atomic mass is 9.95. The van der Waals surface area contributed by atoms with Crippen LogP contribution < -0.4 is 14.8 Å². The summed E-state index contributed by atoms with van der Waals surface area (Å²) in [6, 6.07) is 11.1. The summed E-state index contributed by atoms with van der Waals surface area (Å²) in [5.74, 6) is 1.15. The minimum Gasteiger partial charge on any atom is -0.454 e. The minimum absolute atomic E-state index is 0.130. The highest BCUT2D eigenvalue weighted by Gasteiger charge is 2.22. The zero-order valence-corrected chi connectivity index (χ0v) is 16.1. The number of rotatable bonds is 5. The van der Waals surface area contributed by atoms with Crippen LogP contribution >= 0.6 is 0 Å². The van der Waals surface area contributed by atoms with E-state index in [1.54, 1.807) is 24.4 Å². The van der Waals surface area contributed by atoms with E-state index in [4.69, 9.17) is 14.6 Å². The summed E-state index contributed by atoms with van der Waals surface area (Å²) >= 11 is 0. The molecule has 0 saturated heterocycles. The summed E-state index contributed by atoms with van der Waals surface area (Å²) in [6.07, 6.45) is 6.20. The molecule has 0 unspecified atom stereocenters. The van der Waals surface area contributed by atoms with Crippen LogP contribution in [0.5, 0.6) is 11.5 Å². The van der Waals surface area contributed by atoms with Crippen molar-refractivity contribution < 1.29 is 14.3 Å². The van der Waals surface area contributed by atoms with Gasteiger partial charge in [-0.1, -0.05) is 6.07 Å². The van der Waals surface area contributed by atoms with E-state index in [0.29, 0.717) is 30.2 Å². The average Bonchev–Trinajstić information content (AvgIpc) is 3.39. The van der Waals surface area contributed by atoms with Gasteiger partial charge >= 0.3 is 0 Å². The molecule has 1 aromatic carbocycles. The Morgan fingerprint density at radius 2 is 2.00 bits per heavy atom. The summed E-state index contributed by atoms with van der Waals surface area (Å²) in [6.45, 7) is 1.33. The first-order chi connectivity index (χ1) is 14.3. The fourth-order valence-corrected chi connectivity index (χ4v) is 3.98. The number of ether oxygens (including phenoxy) is 2. The predicted octanol–water partition coefficient (Wildman–Crippen LogP) is 2.98. The van der Waals surface area contributed by atoms with Gasteiger partial charge < -0.3 is 14.8 Å². The third kappa shape index (κ3) is 3.44. The molecule has 1 aliphatic carbocycles. The standard InChI is InChI=1S/C22H22N4O3/c27-22(15-8-9-19-20(13-15)29-14-28-19)24-11-12-26-18-7-2-1-5-16(18)21(25-26)17-6-3-4-10-23-17/h3-4,6,8-10,13H,1-2,5,7,11-12,14H2,(H,24,27). The van der Waals surface area contributed by atoms with E-state index >= 15 is 0 Å². The molecule has 3 heterocycles. The van der Waals surface area contributed by atoms with E-state index in [0.717, 1.165) is 24.2 Å². The topological polar surface area (TPSA) is 78.3 Å². The first-order valence-corrected chi connectivity index (χ1v) is 9.97. The number of hydrogen-bond acceptors (Lipinski definition) is 5. The smallest absolute Gasteiger partial charge is 0.251 e. The second kappa shape index (κ2) is 7.58. The molecule has 5 rings (SSSR count). The van der Waals surface area contributed by atoms with Crippen molar-refractivity contribution >= 4 is 5.91 Å². The molecule has 29 heavy (non-hydrogen) atoms. The van der Waals surface area contributed by atoms with E-state index in [-0.39, 0.29) is 12.7 Å². The van der Waals surface area contributed by atoms with Crippen molar-refractivity contribution in [3.05, 3.63) is 59.4 Å². The van der Waals surface area contributed by atoms with Crippen molar-refractivity contribution in [2.45, 2.75) is 32.2 Å². The number of carbonyl (C=O) groups excluding carboxylic acids is 1. The Bertz CT molecular complexity index is 1050. The molecule has 0 spiro atoms. The monoisotopic (exact) mass is 390 g/mol. The maximum Gasteiger partial charge on any atom is 0.251 e. The number of benzene rings is 1. The lowest BCUT2D eigenvalue weighted by Crippen LogP contribution is -2.28. The second-order valence-electron chi connectivity index (χ2n) is 7.24. The molecule has 0 saturated carbocycles. The lowest BCUT2D eigenvalue weighted by molar-refractivity contribution is 0.0951. The zero-order chi connectivity index (χ0) is 19.6. The van der Waals surface area contributed by atoms with Crippen LogP contribution in [0.25, 0.3) is 11.4 Å². The Labute approximate surface area is 168 Å². The van der Waals surface area contributed by atoms with E-state index in [1.807, 2.05) is 22.9 Å². The fourth-order valence-electron chi connectivity index (χ4n) is 3.98. The van der Waals surface area contributed by atoms with Crippen LogP contribution in [0, 0.1) is 0 Å². The van der Waals surface area contributed by atoms with Gasteiger partial charge in [-0.25, -0.2) is 0 Å². The molecule has 1 aliphatic heterocycles. The van der Waals surface area contributed by atoms with Crippen molar-refractivity contribution in [1.29, 1.82) is 0 Å². The van der Waals surface area contributed by atoms with Gasteiger partial charge in [-0.05, 0) is 56.0 Å². The Hall–Kier alpha value is -3.35. The Balaban J connectivity index is 1.30. The largest absolute Gasteiger partial charge is 0.454 e. The third-order valence-electron chi connectivity index (χ3n) is 5.41. The number of carbonyl (C=O) groups is 1. The lowest BCUT2D eigenvalue weighted by Gasteiger charge is -2.14. The van der Waals surface area contributed by atoms with Gasteiger partial charge in [0, 0.05) is 29.6 Å². The molecular weight excluding hydrogens is 368 g/mol. The third-order valence-corrected chi connectivity index (χ3v) is 5.41. The molecule has 148 valence electrons. The highest BCUT2D eigenvalue weighted by atomic mass is 16.7. The number of fused-ring (bicyclic) bond motifs is 2. The number of aromatic nitrogens is 3. The van der Waals surface area contributed by atoms with Crippen LogP contribution in [0.3, 0.4) is 0 Å². The highest BCUT2D eigenvalue weighted by molar-refractivity contribution is 5.94. The first-order valence-electron chi connectivity index (χ1n) is 9.97. The van der Waals surface area contributed by atoms with Gasteiger partial charge in [-0.2, -0.15) is 5.10 Å². The molecule has 1 N–H and O–H groups in total. The Kier molecular flexibility index (Phi) is 4.63. The van der Waals surface area contributed by atoms with Crippen LogP contribution in [0.1, 0.15) is 34.5 Å². The van der Waals surface area contributed by atoms with Crippen LogP contribution in [0.2, 0.25) is 0 Å². The van der Waals surface area contributed by atoms with Crippen molar-refractivity contribution in [3.8, 4) is 22.9 Å². The fraction of sp³-hybridized carbons (Fsp3) is 0.318. The van der Waals surface area contributed by atoms with Crippen molar-refractivity contribution in [3.63, 3.8) is 0 Å². The number of nitrogens with one attached hydrogen (secondary N) is 1. The predicted molar refractivity (Wildman–Crippen MR) is 107 cm³/mol. The summed E-state index contributed by atoms with van der Waals surface area (Å²) in [5, 5.41) is 7.83. The van der Waals surface area contributed by atoms with Crippen LogP contribution in [-0.2, 0) is 19.4 Å². The van der Waals surface area contributed by atoms with E-state index in [2.05, 4.69) is 10.3 Å². The molecule has 1 amide bonds. The first kappa shape index (κ1) is 17.7. The molecule has 0 atom stereocenters. The summed E-state index contributed by atoms with van der Waals surface area (Å²) in [5.41, 5.74) is 5.02. The molecule has 7 heteroatoms. The number of hydrogen-bond donors (Lipinski definition) is 1. The van der Waals surface area contributed by atoms with E-state index < -0.39 is 0 Å². The van der Waals surface area contributed by atoms with Gasteiger partial charge in [0.25, 0.3) is 5.91 Å². The van der Waals surface area contributed by atoms with Gasteiger partial charge in [0.15, 0.2) is 11.5 Å². The van der Waals surface area contributed by atoms with Gasteiger partial charge in [-0.3, -0.25) is 14.5 Å². The van der Waals surface area contributed by atoms with Crippen LogP contribution in [0.15, 0.2) is 42.6 Å². The van der Waals surface area contributed by atoms with E-state index in [1.165, 1.54) is 24.1 Å². The van der Waals surface area contributed by atoms with Crippen LogP contribution in [-0.4, -0.2) is 34.0 Å². The number of nitrogens with zero attached hydrogens (tertiary/aromatic N) is 3. The Morgan fingerprint density at radius 1 is 1.10 bits per heavy atom. The molecule has 3 aromatic rings. The van der Waals surface area contributed by atoms with Crippen LogP contribution in [0.4, 0.5) is 0 Å². The number of pyridine rings is 1. The quantitative estimate of drug-likeness (QED) is 0.725. The van der Waals surface area contributed by atoms with Gasteiger partial charge in [-0.15, -0.1) is 0 Å².